The highest BCUT2D eigenvalue weighted by Gasteiger charge is 2.20. The van der Waals surface area contributed by atoms with E-state index in [1.54, 1.807) is 0 Å². The van der Waals surface area contributed by atoms with Gasteiger partial charge in [-0.05, 0) is 32.2 Å². The molecule has 2 unspecified atom stereocenters. The molecule has 5 heteroatoms. The first kappa shape index (κ1) is 12.9. The van der Waals surface area contributed by atoms with Crippen LogP contribution in [0.5, 0.6) is 0 Å². The van der Waals surface area contributed by atoms with E-state index in [-0.39, 0.29) is 5.75 Å². The highest BCUT2D eigenvalue weighted by molar-refractivity contribution is 7.90. The number of ether oxygens (including phenoxy) is 1. The minimum atomic E-state index is -2.83. The summed E-state index contributed by atoms with van der Waals surface area (Å²) in [6.07, 6.45) is 4.12. The molecule has 2 atom stereocenters. The molecule has 0 aromatic rings. The van der Waals surface area contributed by atoms with Crippen molar-refractivity contribution in [1.29, 1.82) is 0 Å². The van der Waals surface area contributed by atoms with Crippen molar-refractivity contribution < 1.29 is 13.2 Å². The van der Waals surface area contributed by atoms with Crippen LogP contribution in [0, 0.1) is 5.92 Å². The SMILES string of the molecule is CNC(CCS(C)(=O)=O)CC1CCOC1. The molecule has 0 saturated carbocycles. The number of hydrogen-bond acceptors (Lipinski definition) is 4. The Bertz CT molecular complexity index is 270. The zero-order valence-electron chi connectivity index (χ0n) is 9.53. The van der Waals surface area contributed by atoms with Crippen LogP contribution in [0.15, 0.2) is 0 Å². The van der Waals surface area contributed by atoms with Gasteiger partial charge in [-0.1, -0.05) is 0 Å². The maximum absolute atomic E-state index is 11.0. The molecule has 1 saturated heterocycles. The summed E-state index contributed by atoms with van der Waals surface area (Å²) in [6, 6.07) is 0.298. The predicted octanol–water partition coefficient (Wildman–Crippen LogP) is 0.436. The molecule has 15 heavy (non-hydrogen) atoms. The monoisotopic (exact) mass is 235 g/mol. The van der Waals surface area contributed by atoms with Crippen molar-refractivity contribution >= 4 is 9.84 Å². The lowest BCUT2D eigenvalue weighted by atomic mass is 9.98. The minimum absolute atomic E-state index is 0.270. The summed E-state index contributed by atoms with van der Waals surface area (Å²) < 4.78 is 27.4. The zero-order valence-corrected chi connectivity index (χ0v) is 10.3. The molecule has 0 spiro atoms. The lowest BCUT2D eigenvalue weighted by Gasteiger charge is -2.18. The van der Waals surface area contributed by atoms with Crippen molar-refractivity contribution in [2.24, 2.45) is 5.92 Å². The van der Waals surface area contributed by atoms with E-state index in [1.807, 2.05) is 7.05 Å². The van der Waals surface area contributed by atoms with Gasteiger partial charge in [-0.2, -0.15) is 0 Å². The maximum Gasteiger partial charge on any atom is 0.147 e. The summed E-state index contributed by atoms with van der Waals surface area (Å²) in [7, 11) is -0.943. The molecule has 1 aliphatic heterocycles. The van der Waals surface area contributed by atoms with Crippen LogP contribution >= 0.6 is 0 Å². The van der Waals surface area contributed by atoms with E-state index >= 15 is 0 Å². The minimum Gasteiger partial charge on any atom is -0.381 e. The summed E-state index contributed by atoms with van der Waals surface area (Å²) in [5.41, 5.74) is 0. The lowest BCUT2D eigenvalue weighted by molar-refractivity contribution is 0.181. The quantitative estimate of drug-likeness (QED) is 0.725. The topological polar surface area (TPSA) is 55.4 Å². The van der Waals surface area contributed by atoms with Crippen LogP contribution in [0.2, 0.25) is 0 Å². The normalized spacial score (nSPS) is 24.3. The summed E-state index contributed by atoms with van der Waals surface area (Å²) in [5, 5.41) is 3.18. The van der Waals surface area contributed by atoms with Gasteiger partial charge in [-0.3, -0.25) is 0 Å². The van der Waals surface area contributed by atoms with E-state index in [2.05, 4.69) is 5.32 Å². The average molecular weight is 235 g/mol. The maximum atomic E-state index is 11.0. The van der Waals surface area contributed by atoms with Crippen LogP contribution in [0.3, 0.4) is 0 Å². The van der Waals surface area contributed by atoms with Crippen LogP contribution in [0.1, 0.15) is 19.3 Å². The molecule has 0 aliphatic carbocycles. The number of hydrogen-bond donors (Lipinski definition) is 1. The van der Waals surface area contributed by atoms with Crippen molar-refractivity contribution in [1.82, 2.24) is 5.32 Å². The Labute approximate surface area is 92.3 Å². The molecular formula is C10H21NO3S. The van der Waals surface area contributed by atoms with Crippen LogP contribution in [-0.4, -0.2) is 46.7 Å². The van der Waals surface area contributed by atoms with Crippen molar-refractivity contribution in [3.8, 4) is 0 Å². The summed E-state index contributed by atoms with van der Waals surface area (Å²) in [6.45, 7) is 1.68. The Hall–Kier alpha value is -0.130. The summed E-state index contributed by atoms with van der Waals surface area (Å²) >= 11 is 0. The lowest BCUT2D eigenvalue weighted by Crippen LogP contribution is -2.30. The molecule has 1 rings (SSSR count). The first-order valence-corrected chi connectivity index (χ1v) is 7.50. The van der Waals surface area contributed by atoms with Crippen LogP contribution in [0.4, 0.5) is 0 Å². The molecule has 0 aromatic heterocycles. The van der Waals surface area contributed by atoms with Crippen LogP contribution in [-0.2, 0) is 14.6 Å². The molecule has 0 radical (unpaired) electrons. The first-order chi connectivity index (χ1) is 7.01. The number of rotatable bonds is 6. The van der Waals surface area contributed by atoms with Gasteiger partial charge in [-0.25, -0.2) is 8.42 Å². The van der Waals surface area contributed by atoms with Gasteiger partial charge in [0, 0.05) is 25.5 Å². The Morgan fingerprint density at radius 1 is 1.53 bits per heavy atom. The van der Waals surface area contributed by atoms with Crippen molar-refractivity contribution in [3.05, 3.63) is 0 Å². The van der Waals surface area contributed by atoms with Crippen LogP contribution < -0.4 is 5.32 Å². The predicted molar refractivity (Wildman–Crippen MR) is 60.7 cm³/mol. The molecule has 1 N–H and O–H groups in total. The Morgan fingerprint density at radius 3 is 2.73 bits per heavy atom. The number of sulfone groups is 1. The van der Waals surface area contributed by atoms with E-state index in [4.69, 9.17) is 4.74 Å². The van der Waals surface area contributed by atoms with E-state index in [0.29, 0.717) is 18.4 Å². The van der Waals surface area contributed by atoms with E-state index in [0.717, 1.165) is 26.1 Å². The van der Waals surface area contributed by atoms with Crippen molar-refractivity contribution in [2.45, 2.75) is 25.3 Å². The van der Waals surface area contributed by atoms with Gasteiger partial charge in [0.2, 0.25) is 0 Å². The largest absolute Gasteiger partial charge is 0.381 e. The first-order valence-electron chi connectivity index (χ1n) is 5.44. The molecular weight excluding hydrogens is 214 g/mol. The van der Waals surface area contributed by atoms with Gasteiger partial charge in [0.25, 0.3) is 0 Å². The summed E-state index contributed by atoms with van der Waals surface area (Å²) in [4.78, 5) is 0. The Balaban J connectivity index is 2.28. The van der Waals surface area contributed by atoms with E-state index in [9.17, 15) is 8.42 Å². The third-order valence-corrected chi connectivity index (χ3v) is 3.86. The highest BCUT2D eigenvalue weighted by atomic mass is 32.2. The average Bonchev–Trinajstić information content (AvgIpc) is 2.63. The van der Waals surface area contributed by atoms with Gasteiger partial charge in [0.05, 0.1) is 5.75 Å². The van der Waals surface area contributed by atoms with E-state index < -0.39 is 9.84 Å². The molecule has 1 aliphatic rings. The summed E-state index contributed by atoms with van der Waals surface area (Å²) in [5.74, 6) is 0.869. The second-order valence-electron chi connectivity index (χ2n) is 4.37. The molecule has 0 bridgehead atoms. The Kier molecular flexibility index (Phi) is 5.02. The highest BCUT2D eigenvalue weighted by Crippen LogP contribution is 2.19. The second kappa shape index (κ2) is 5.82. The van der Waals surface area contributed by atoms with Gasteiger partial charge in [0.15, 0.2) is 0 Å². The fraction of sp³-hybridized carbons (Fsp3) is 1.00. The van der Waals surface area contributed by atoms with Crippen molar-refractivity contribution in [3.63, 3.8) is 0 Å². The smallest absolute Gasteiger partial charge is 0.147 e. The fourth-order valence-electron chi connectivity index (χ4n) is 1.91. The standard InChI is InChI=1S/C10H21NO3S/c1-11-10(4-6-15(2,12)13)7-9-3-5-14-8-9/h9-11H,3-8H2,1-2H3. The van der Waals surface area contributed by atoms with Crippen molar-refractivity contribution in [2.75, 3.05) is 32.3 Å². The van der Waals surface area contributed by atoms with Crippen LogP contribution in [0.25, 0.3) is 0 Å². The Morgan fingerprint density at radius 2 is 2.27 bits per heavy atom. The molecule has 0 aromatic carbocycles. The second-order valence-corrected chi connectivity index (χ2v) is 6.63. The van der Waals surface area contributed by atoms with E-state index in [1.165, 1.54) is 6.26 Å². The van der Waals surface area contributed by atoms with Gasteiger partial charge in [-0.15, -0.1) is 0 Å². The third kappa shape index (κ3) is 5.49. The third-order valence-electron chi connectivity index (χ3n) is 2.89. The number of nitrogens with one attached hydrogen (secondary N) is 1. The van der Waals surface area contributed by atoms with Gasteiger partial charge >= 0.3 is 0 Å². The molecule has 1 heterocycles. The zero-order chi connectivity index (χ0) is 11.3. The molecule has 4 nitrogen and oxygen atoms in total. The fourth-order valence-corrected chi connectivity index (χ4v) is 2.62. The molecule has 1 fully saturated rings. The molecule has 0 amide bonds. The molecule has 90 valence electrons. The van der Waals surface area contributed by atoms with Gasteiger partial charge in [0.1, 0.15) is 9.84 Å². The van der Waals surface area contributed by atoms with Gasteiger partial charge < -0.3 is 10.1 Å².